The maximum absolute atomic E-state index is 11.8. The molecule has 1 unspecified atom stereocenters. The summed E-state index contributed by atoms with van der Waals surface area (Å²) in [5, 5.41) is 6.44. The van der Waals surface area contributed by atoms with Crippen LogP contribution in [-0.2, 0) is 14.4 Å². The maximum Gasteiger partial charge on any atom is 0.267 e. The second kappa shape index (κ2) is 4.52. The SMILES string of the molecule is CN1CC(NC(=O)C2=NNC(=O)CC2)CC1=O. The van der Waals surface area contributed by atoms with Gasteiger partial charge in [0.15, 0.2) is 0 Å². The van der Waals surface area contributed by atoms with Crippen molar-refractivity contribution in [2.75, 3.05) is 13.6 Å². The van der Waals surface area contributed by atoms with Gasteiger partial charge in [0.2, 0.25) is 11.8 Å². The third-order valence-electron chi connectivity index (χ3n) is 2.84. The number of hydrazone groups is 1. The van der Waals surface area contributed by atoms with Crippen molar-refractivity contribution in [2.24, 2.45) is 5.10 Å². The summed E-state index contributed by atoms with van der Waals surface area (Å²) in [5.74, 6) is -0.468. The standard InChI is InChI=1S/C10H14N4O3/c1-14-5-6(4-9(14)16)11-10(17)7-2-3-8(15)13-12-7/h6H,2-5H2,1H3,(H,11,17)(H,13,15). The highest BCUT2D eigenvalue weighted by Crippen LogP contribution is 2.09. The lowest BCUT2D eigenvalue weighted by Gasteiger charge is -2.15. The zero-order valence-electron chi connectivity index (χ0n) is 9.52. The number of carbonyl (C=O) groups excluding carboxylic acids is 3. The molecular weight excluding hydrogens is 224 g/mol. The number of hydrogen-bond donors (Lipinski definition) is 2. The number of hydrogen-bond acceptors (Lipinski definition) is 4. The van der Waals surface area contributed by atoms with Crippen LogP contribution >= 0.6 is 0 Å². The lowest BCUT2D eigenvalue weighted by atomic mass is 10.1. The molecule has 17 heavy (non-hydrogen) atoms. The summed E-state index contributed by atoms with van der Waals surface area (Å²) in [7, 11) is 1.70. The van der Waals surface area contributed by atoms with Crippen molar-refractivity contribution in [1.29, 1.82) is 0 Å². The Labute approximate surface area is 98.2 Å². The van der Waals surface area contributed by atoms with Gasteiger partial charge in [-0.2, -0.15) is 5.10 Å². The number of rotatable bonds is 2. The molecule has 2 aliphatic heterocycles. The Morgan fingerprint density at radius 2 is 2.24 bits per heavy atom. The van der Waals surface area contributed by atoms with Crippen LogP contribution in [0, 0.1) is 0 Å². The highest BCUT2D eigenvalue weighted by Gasteiger charge is 2.29. The smallest absolute Gasteiger partial charge is 0.267 e. The molecule has 7 heteroatoms. The average Bonchev–Trinajstić information content (AvgIpc) is 2.58. The van der Waals surface area contributed by atoms with Crippen LogP contribution in [0.15, 0.2) is 5.10 Å². The van der Waals surface area contributed by atoms with Crippen LogP contribution < -0.4 is 10.7 Å². The fourth-order valence-corrected chi connectivity index (χ4v) is 1.87. The number of nitrogens with zero attached hydrogens (tertiary/aromatic N) is 2. The molecule has 92 valence electrons. The Hall–Kier alpha value is -1.92. The minimum Gasteiger partial charge on any atom is -0.346 e. The molecule has 0 aromatic heterocycles. The molecule has 1 atom stereocenters. The van der Waals surface area contributed by atoms with E-state index >= 15 is 0 Å². The molecule has 0 radical (unpaired) electrons. The van der Waals surface area contributed by atoms with Gasteiger partial charge >= 0.3 is 0 Å². The maximum atomic E-state index is 11.8. The summed E-state index contributed by atoms with van der Waals surface area (Å²) < 4.78 is 0. The number of amides is 3. The van der Waals surface area contributed by atoms with Crippen LogP contribution in [0.25, 0.3) is 0 Å². The highest BCUT2D eigenvalue weighted by atomic mass is 16.2. The molecule has 7 nitrogen and oxygen atoms in total. The van der Waals surface area contributed by atoms with Crippen LogP contribution in [0.2, 0.25) is 0 Å². The van der Waals surface area contributed by atoms with Crippen molar-refractivity contribution in [3.63, 3.8) is 0 Å². The summed E-state index contributed by atoms with van der Waals surface area (Å²) >= 11 is 0. The van der Waals surface area contributed by atoms with Gasteiger partial charge in [-0.1, -0.05) is 0 Å². The first-order chi connectivity index (χ1) is 8.06. The summed E-state index contributed by atoms with van der Waals surface area (Å²) in [4.78, 5) is 35.5. The molecule has 0 saturated carbocycles. The Balaban J connectivity index is 1.90. The third kappa shape index (κ3) is 2.61. The third-order valence-corrected chi connectivity index (χ3v) is 2.84. The summed E-state index contributed by atoms with van der Waals surface area (Å²) in [6.07, 6.45) is 0.936. The van der Waals surface area contributed by atoms with Crippen LogP contribution in [0.4, 0.5) is 0 Å². The van der Waals surface area contributed by atoms with E-state index in [1.807, 2.05) is 0 Å². The van der Waals surface area contributed by atoms with Crippen LogP contribution in [0.1, 0.15) is 19.3 Å². The lowest BCUT2D eigenvalue weighted by molar-refractivity contribution is -0.126. The first-order valence-corrected chi connectivity index (χ1v) is 5.46. The monoisotopic (exact) mass is 238 g/mol. The molecular formula is C10H14N4O3. The van der Waals surface area contributed by atoms with E-state index in [0.29, 0.717) is 25.1 Å². The molecule has 0 aliphatic carbocycles. The van der Waals surface area contributed by atoms with E-state index in [1.54, 1.807) is 11.9 Å². The molecule has 3 amide bonds. The minimum atomic E-state index is -0.307. The Bertz CT molecular complexity index is 404. The van der Waals surface area contributed by atoms with Crippen molar-refractivity contribution in [3.8, 4) is 0 Å². The van der Waals surface area contributed by atoms with E-state index in [0.717, 1.165) is 0 Å². The molecule has 2 N–H and O–H groups in total. The van der Waals surface area contributed by atoms with Gasteiger partial charge in [-0.25, -0.2) is 5.43 Å². The second-order valence-corrected chi connectivity index (χ2v) is 4.24. The van der Waals surface area contributed by atoms with E-state index in [9.17, 15) is 14.4 Å². The average molecular weight is 238 g/mol. The van der Waals surface area contributed by atoms with Gasteiger partial charge in [-0.05, 0) is 0 Å². The van der Waals surface area contributed by atoms with E-state index in [-0.39, 0.29) is 30.2 Å². The molecule has 2 rings (SSSR count). The van der Waals surface area contributed by atoms with Gasteiger partial charge in [-0.3, -0.25) is 14.4 Å². The Kier molecular flexibility index (Phi) is 3.08. The van der Waals surface area contributed by atoms with Crippen molar-refractivity contribution in [2.45, 2.75) is 25.3 Å². The van der Waals surface area contributed by atoms with E-state index < -0.39 is 0 Å². The summed E-state index contributed by atoms with van der Waals surface area (Å²) in [6, 6.07) is -0.166. The molecule has 0 aromatic rings. The molecule has 0 spiro atoms. The highest BCUT2D eigenvalue weighted by molar-refractivity contribution is 6.39. The first-order valence-electron chi connectivity index (χ1n) is 5.46. The molecule has 2 heterocycles. The van der Waals surface area contributed by atoms with Crippen molar-refractivity contribution in [1.82, 2.24) is 15.6 Å². The summed E-state index contributed by atoms with van der Waals surface area (Å²) in [6.45, 7) is 0.518. The van der Waals surface area contributed by atoms with Gasteiger partial charge in [0.1, 0.15) is 5.71 Å². The van der Waals surface area contributed by atoms with E-state index in [2.05, 4.69) is 15.8 Å². The van der Waals surface area contributed by atoms with E-state index in [1.165, 1.54) is 0 Å². The first kappa shape index (κ1) is 11.6. The summed E-state index contributed by atoms with van der Waals surface area (Å²) in [5.41, 5.74) is 2.58. The number of likely N-dealkylation sites (N-methyl/N-ethyl adjacent to an activating group) is 1. The molecule has 0 bridgehead atoms. The van der Waals surface area contributed by atoms with Gasteiger partial charge in [0, 0.05) is 32.9 Å². The largest absolute Gasteiger partial charge is 0.346 e. The van der Waals surface area contributed by atoms with Gasteiger partial charge < -0.3 is 10.2 Å². The zero-order valence-corrected chi connectivity index (χ0v) is 9.52. The topological polar surface area (TPSA) is 90.9 Å². The van der Waals surface area contributed by atoms with Crippen LogP contribution in [-0.4, -0.2) is 48.0 Å². The zero-order chi connectivity index (χ0) is 12.4. The molecule has 2 aliphatic rings. The van der Waals surface area contributed by atoms with Crippen molar-refractivity contribution >= 4 is 23.4 Å². The lowest BCUT2D eigenvalue weighted by Crippen LogP contribution is -2.42. The molecule has 1 saturated heterocycles. The van der Waals surface area contributed by atoms with Crippen molar-refractivity contribution in [3.05, 3.63) is 0 Å². The van der Waals surface area contributed by atoms with Crippen LogP contribution in [0.3, 0.4) is 0 Å². The van der Waals surface area contributed by atoms with Crippen molar-refractivity contribution < 1.29 is 14.4 Å². The molecule has 0 aromatic carbocycles. The Morgan fingerprint density at radius 3 is 2.76 bits per heavy atom. The number of nitrogens with one attached hydrogen (secondary N) is 2. The van der Waals surface area contributed by atoms with Crippen LogP contribution in [0.5, 0.6) is 0 Å². The fourth-order valence-electron chi connectivity index (χ4n) is 1.87. The predicted molar refractivity (Wildman–Crippen MR) is 59.0 cm³/mol. The normalized spacial score (nSPS) is 24.4. The van der Waals surface area contributed by atoms with Gasteiger partial charge in [-0.15, -0.1) is 0 Å². The quantitative estimate of drug-likeness (QED) is 0.620. The number of carbonyl (C=O) groups is 3. The molecule has 1 fully saturated rings. The van der Waals surface area contributed by atoms with Gasteiger partial charge in [0.05, 0.1) is 6.04 Å². The van der Waals surface area contributed by atoms with E-state index in [4.69, 9.17) is 0 Å². The fraction of sp³-hybridized carbons (Fsp3) is 0.600. The Morgan fingerprint density at radius 1 is 1.47 bits per heavy atom. The number of likely N-dealkylation sites (tertiary alicyclic amines) is 1. The predicted octanol–water partition coefficient (Wildman–Crippen LogP) is -1.40. The van der Waals surface area contributed by atoms with Gasteiger partial charge in [0.25, 0.3) is 5.91 Å². The second-order valence-electron chi connectivity index (χ2n) is 4.24. The minimum absolute atomic E-state index is 0.0224.